The predicted octanol–water partition coefficient (Wildman–Crippen LogP) is 1.27. The number of hydrogen-bond acceptors (Lipinski definition) is 2. The van der Waals surface area contributed by atoms with E-state index >= 15 is 0 Å². The highest BCUT2D eigenvalue weighted by Crippen LogP contribution is 2.30. The van der Waals surface area contributed by atoms with E-state index in [1.165, 1.54) is 12.8 Å². The van der Waals surface area contributed by atoms with E-state index in [1.807, 2.05) is 13.8 Å². The molecule has 3 heteroatoms. The van der Waals surface area contributed by atoms with Gasteiger partial charge in [0.2, 0.25) is 0 Å². The van der Waals surface area contributed by atoms with Crippen LogP contribution in [0, 0.1) is 5.92 Å². The van der Waals surface area contributed by atoms with Crippen molar-refractivity contribution in [2.75, 3.05) is 6.54 Å². The first kappa shape index (κ1) is 10.2. The van der Waals surface area contributed by atoms with Crippen LogP contribution in [0.4, 0.5) is 0 Å². The predicted molar refractivity (Wildman–Crippen MR) is 53.5 cm³/mol. The Morgan fingerprint density at radius 1 is 1.50 bits per heavy atom. The molecular weight excluding hydrogens is 170 g/mol. The molecule has 12 heavy (non-hydrogen) atoms. The van der Waals surface area contributed by atoms with Crippen LogP contribution in [0.15, 0.2) is 0 Å². The average Bonchev–Trinajstić information content (AvgIpc) is 2.49. The summed E-state index contributed by atoms with van der Waals surface area (Å²) in [6, 6.07) is 0. The molecule has 0 aromatic rings. The molecule has 1 aliphatic carbocycles. The van der Waals surface area contributed by atoms with E-state index in [2.05, 4.69) is 0 Å². The van der Waals surface area contributed by atoms with Gasteiger partial charge in [0.25, 0.3) is 0 Å². The lowest BCUT2D eigenvalue weighted by atomic mass is 10.1. The zero-order chi connectivity index (χ0) is 9.14. The zero-order valence-corrected chi connectivity index (χ0v) is 8.77. The third-order valence-electron chi connectivity index (χ3n) is 2.66. The summed E-state index contributed by atoms with van der Waals surface area (Å²) >= 11 is 0. The largest absolute Gasteiger partial charge is 0.330 e. The summed E-state index contributed by atoms with van der Waals surface area (Å²) in [5.41, 5.74) is 5.63. The Kier molecular flexibility index (Phi) is 3.72. The van der Waals surface area contributed by atoms with Crippen molar-refractivity contribution in [2.24, 2.45) is 11.7 Å². The average molecular weight is 189 g/mol. The second-order valence-electron chi connectivity index (χ2n) is 3.84. The molecule has 0 heterocycles. The van der Waals surface area contributed by atoms with Crippen LogP contribution in [0.2, 0.25) is 0 Å². The summed E-state index contributed by atoms with van der Waals surface area (Å²) in [6.45, 7) is 4.77. The van der Waals surface area contributed by atoms with Gasteiger partial charge in [-0.25, -0.2) is 0 Å². The highest BCUT2D eigenvalue weighted by molar-refractivity contribution is 7.86. The quantitative estimate of drug-likeness (QED) is 0.726. The van der Waals surface area contributed by atoms with E-state index in [-0.39, 0.29) is 0 Å². The molecule has 0 amide bonds. The molecule has 0 spiro atoms. The summed E-state index contributed by atoms with van der Waals surface area (Å²) in [4.78, 5) is 0. The molecule has 2 nitrogen and oxygen atoms in total. The second kappa shape index (κ2) is 4.38. The minimum Gasteiger partial charge on any atom is -0.330 e. The maximum atomic E-state index is 11.8. The Labute approximate surface area is 77.4 Å². The highest BCUT2D eigenvalue weighted by Gasteiger charge is 2.31. The van der Waals surface area contributed by atoms with Crippen LogP contribution in [0.5, 0.6) is 0 Å². The van der Waals surface area contributed by atoms with Gasteiger partial charge in [-0.15, -0.1) is 0 Å². The number of rotatable bonds is 3. The lowest BCUT2D eigenvalue weighted by molar-refractivity contribution is 0.555. The van der Waals surface area contributed by atoms with Crippen molar-refractivity contribution in [3.63, 3.8) is 0 Å². The van der Waals surface area contributed by atoms with Crippen molar-refractivity contribution in [1.29, 1.82) is 0 Å². The Hall–Kier alpha value is 0.110. The van der Waals surface area contributed by atoms with Crippen molar-refractivity contribution in [3.05, 3.63) is 0 Å². The number of nitrogens with two attached hydrogens (primary N) is 1. The molecule has 72 valence electrons. The summed E-state index contributed by atoms with van der Waals surface area (Å²) in [5.74, 6) is 0.522. The molecule has 3 unspecified atom stereocenters. The molecule has 0 radical (unpaired) electrons. The summed E-state index contributed by atoms with van der Waals surface area (Å²) < 4.78 is 11.8. The molecule has 1 aliphatic rings. The maximum Gasteiger partial charge on any atom is 0.0390 e. The Morgan fingerprint density at radius 2 is 2.17 bits per heavy atom. The van der Waals surface area contributed by atoms with E-state index < -0.39 is 10.8 Å². The van der Waals surface area contributed by atoms with Crippen LogP contribution in [-0.4, -0.2) is 21.3 Å². The zero-order valence-electron chi connectivity index (χ0n) is 7.95. The third-order valence-corrected chi connectivity index (χ3v) is 4.80. The molecular formula is C9H19NOS. The van der Waals surface area contributed by atoms with Gasteiger partial charge in [-0.1, -0.05) is 20.3 Å². The van der Waals surface area contributed by atoms with Crippen molar-refractivity contribution < 1.29 is 4.21 Å². The van der Waals surface area contributed by atoms with Gasteiger partial charge in [0, 0.05) is 21.3 Å². The van der Waals surface area contributed by atoms with Crippen molar-refractivity contribution in [3.8, 4) is 0 Å². The van der Waals surface area contributed by atoms with Crippen LogP contribution >= 0.6 is 0 Å². The molecule has 1 rings (SSSR count). The second-order valence-corrected chi connectivity index (χ2v) is 6.05. The molecule has 1 fully saturated rings. The third kappa shape index (κ3) is 2.07. The highest BCUT2D eigenvalue weighted by atomic mass is 32.2. The molecule has 2 N–H and O–H groups in total. The summed E-state index contributed by atoms with van der Waals surface area (Å²) in [7, 11) is -0.657. The van der Waals surface area contributed by atoms with Crippen molar-refractivity contribution >= 4 is 10.8 Å². The molecule has 0 aromatic heterocycles. The van der Waals surface area contributed by atoms with E-state index in [0.717, 1.165) is 6.42 Å². The molecule has 0 aromatic carbocycles. The Balaban J connectivity index is 2.55. The van der Waals surface area contributed by atoms with E-state index in [4.69, 9.17) is 5.73 Å². The molecule has 0 saturated heterocycles. The molecule has 1 saturated carbocycles. The number of hydrogen-bond donors (Lipinski definition) is 1. The fraction of sp³-hybridized carbons (Fsp3) is 1.00. The molecule has 0 aliphatic heterocycles. The SMILES string of the molecule is CC(C)S(=O)C1CCCC1CN. The minimum absolute atomic E-state index is 0.294. The van der Waals surface area contributed by atoms with Gasteiger partial charge in [0.05, 0.1) is 0 Å². The van der Waals surface area contributed by atoms with Gasteiger partial charge in [0.15, 0.2) is 0 Å². The van der Waals surface area contributed by atoms with Crippen LogP contribution in [0.1, 0.15) is 33.1 Å². The Bertz CT molecular complexity index is 170. The smallest absolute Gasteiger partial charge is 0.0390 e. The van der Waals surface area contributed by atoms with Gasteiger partial charge in [-0.2, -0.15) is 0 Å². The van der Waals surface area contributed by atoms with Crippen LogP contribution in [-0.2, 0) is 10.8 Å². The summed E-state index contributed by atoms with van der Waals surface area (Å²) in [6.07, 6.45) is 3.51. The standard InChI is InChI=1S/C9H19NOS/c1-7(2)12(11)9-5-3-4-8(9)6-10/h7-9H,3-6,10H2,1-2H3. The first-order valence-corrected chi connectivity index (χ1v) is 6.04. The fourth-order valence-electron chi connectivity index (χ4n) is 1.93. The van der Waals surface area contributed by atoms with Crippen LogP contribution in [0.25, 0.3) is 0 Å². The van der Waals surface area contributed by atoms with Crippen LogP contribution < -0.4 is 5.73 Å². The minimum atomic E-state index is -0.657. The fourth-order valence-corrected chi connectivity index (χ4v) is 3.65. The molecule has 3 atom stereocenters. The topological polar surface area (TPSA) is 43.1 Å². The van der Waals surface area contributed by atoms with E-state index in [0.29, 0.717) is 23.0 Å². The Morgan fingerprint density at radius 3 is 2.67 bits per heavy atom. The van der Waals surface area contributed by atoms with Crippen molar-refractivity contribution in [1.82, 2.24) is 0 Å². The van der Waals surface area contributed by atoms with E-state index in [9.17, 15) is 4.21 Å². The maximum absolute atomic E-state index is 11.8. The van der Waals surface area contributed by atoms with Gasteiger partial charge in [0.1, 0.15) is 0 Å². The lowest BCUT2D eigenvalue weighted by Crippen LogP contribution is -2.30. The first-order valence-electron chi connectivity index (χ1n) is 4.76. The lowest BCUT2D eigenvalue weighted by Gasteiger charge is -2.19. The van der Waals surface area contributed by atoms with Gasteiger partial charge in [-0.3, -0.25) is 4.21 Å². The van der Waals surface area contributed by atoms with Crippen LogP contribution in [0.3, 0.4) is 0 Å². The summed E-state index contributed by atoms with van der Waals surface area (Å²) in [5, 5.41) is 0.678. The van der Waals surface area contributed by atoms with Gasteiger partial charge < -0.3 is 5.73 Å². The first-order chi connectivity index (χ1) is 5.66. The van der Waals surface area contributed by atoms with E-state index in [1.54, 1.807) is 0 Å². The van der Waals surface area contributed by atoms with Gasteiger partial charge >= 0.3 is 0 Å². The normalized spacial score (nSPS) is 32.7. The van der Waals surface area contributed by atoms with Crippen molar-refractivity contribution in [2.45, 2.75) is 43.6 Å². The van der Waals surface area contributed by atoms with Gasteiger partial charge in [-0.05, 0) is 25.3 Å². The monoisotopic (exact) mass is 189 g/mol. The molecule has 0 bridgehead atoms.